The van der Waals surface area contributed by atoms with Crippen LogP contribution in [0.2, 0.25) is 0 Å². The zero-order valence-electron chi connectivity index (χ0n) is 20.3. The zero-order valence-corrected chi connectivity index (χ0v) is 20.3. The maximum atomic E-state index is 12.6. The van der Waals surface area contributed by atoms with E-state index in [1.807, 2.05) is 30.3 Å². The molecule has 0 spiro atoms. The second kappa shape index (κ2) is 11.3. The number of carbonyl (C=O) groups is 2. The number of nitrogens with zero attached hydrogens (tertiary/aromatic N) is 1. The molecule has 192 valence electrons. The van der Waals surface area contributed by atoms with Crippen LogP contribution >= 0.6 is 0 Å². The number of amides is 3. The summed E-state index contributed by atoms with van der Waals surface area (Å²) in [6, 6.07) is 9.38. The molecule has 0 unspecified atom stereocenters. The first-order valence-electron chi connectivity index (χ1n) is 12.9. The molecule has 2 aromatic rings. The van der Waals surface area contributed by atoms with Crippen molar-refractivity contribution in [1.82, 2.24) is 15.6 Å². The van der Waals surface area contributed by atoms with E-state index in [9.17, 15) is 14.7 Å². The second-order valence-electron chi connectivity index (χ2n) is 9.93. The van der Waals surface area contributed by atoms with Crippen molar-refractivity contribution in [3.05, 3.63) is 53.9 Å². The number of aliphatic hydroxyl groups is 1. The molecule has 9 nitrogen and oxygen atoms in total. The highest BCUT2D eigenvalue weighted by Crippen LogP contribution is 2.47. The van der Waals surface area contributed by atoms with E-state index in [0.717, 1.165) is 42.6 Å². The first kappa shape index (κ1) is 24.5. The van der Waals surface area contributed by atoms with Crippen molar-refractivity contribution in [2.75, 3.05) is 11.9 Å². The number of ether oxygens (including phenoxy) is 2. The van der Waals surface area contributed by atoms with Gasteiger partial charge < -0.3 is 30.5 Å². The van der Waals surface area contributed by atoms with Crippen LogP contribution in [-0.4, -0.2) is 53.0 Å². The molecule has 1 saturated carbocycles. The first-order chi connectivity index (χ1) is 17.6. The standard InChI is InChI=1S/C27H34N4O5/c32-16-24-26-22(13-20(35-24)14-25(33)29-15-17-8-10-28-11-9-17)21-12-19(6-7-23(21)36-26)31-27(34)30-18-4-2-1-3-5-18/h6-12,18,20,22,24,26,32H,1-5,13-16H2,(H,29,33)(H2,30,31,34)/t20-,22+,24-,26-/m0/s1. The lowest BCUT2D eigenvalue weighted by Crippen LogP contribution is -2.47. The zero-order chi connectivity index (χ0) is 24.9. The second-order valence-corrected chi connectivity index (χ2v) is 9.93. The number of hydrogen-bond acceptors (Lipinski definition) is 6. The average Bonchev–Trinajstić information content (AvgIpc) is 3.26. The Morgan fingerprint density at radius 1 is 1.08 bits per heavy atom. The summed E-state index contributed by atoms with van der Waals surface area (Å²) in [5, 5.41) is 18.9. The van der Waals surface area contributed by atoms with Gasteiger partial charge in [0, 0.05) is 42.1 Å². The Hall–Kier alpha value is -3.17. The normalized spacial score (nSPS) is 25.2. The van der Waals surface area contributed by atoms with Gasteiger partial charge in [-0.1, -0.05) is 19.3 Å². The fraction of sp³-hybridized carbons (Fsp3) is 0.519. The number of benzene rings is 1. The monoisotopic (exact) mass is 494 g/mol. The number of aromatic nitrogens is 1. The van der Waals surface area contributed by atoms with Crippen LogP contribution in [0, 0.1) is 0 Å². The number of anilines is 1. The van der Waals surface area contributed by atoms with E-state index >= 15 is 0 Å². The average molecular weight is 495 g/mol. The molecule has 1 aliphatic carbocycles. The molecule has 9 heteroatoms. The fourth-order valence-corrected chi connectivity index (χ4v) is 5.55. The largest absolute Gasteiger partial charge is 0.487 e. The Labute approximate surface area is 211 Å². The summed E-state index contributed by atoms with van der Waals surface area (Å²) in [7, 11) is 0. The molecule has 4 atom stereocenters. The number of urea groups is 1. The van der Waals surface area contributed by atoms with Crippen LogP contribution in [0.5, 0.6) is 5.75 Å². The maximum Gasteiger partial charge on any atom is 0.319 e. The molecule has 1 aromatic carbocycles. The Morgan fingerprint density at radius 3 is 2.67 bits per heavy atom. The number of nitrogens with one attached hydrogen (secondary N) is 3. The third-order valence-corrected chi connectivity index (χ3v) is 7.35. The predicted octanol–water partition coefficient (Wildman–Crippen LogP) is 3.24. The summed E-state index contributed by atoms with van der Waals surface area (Å²) in [4.78, 5) is 29.1. The molecular weight excluding hydrogens is 460 g/mol. The van der Waals surface area contributed by atoms with E-state index in [4.69, 9.17) is 9.47 Å². The summed E-state index contributed by atoms with van der Waals surface area (Å²) in [5.74, 6) is 0.584. The molecule has 5 rings (SSSR count). The van der Waals surface area contributed by atoms with Crippen molar-refractivity contribution < 1.29 is 24.2 Å². The highest BCUT2D eigenvalue weighted by molar-refractivity contribution is 5.89. The third kappa shape index (κ3) is 5.79. The number of hydrogen-bond donors (Lipinski definition) is 4. The molecule has 0 radical (unpaired) electrons. The fourth-order valence-electron chi connectivity index (χ4n) is 5.55. The van der Waals surface area contributed by atoms with Crippen molar-refractivity contribution in [2.45, 2.75) is 81.8 Å². The minimum absolute atomic E-state index is 0.0351. The Balaban J connectivity index is 1.21. The number of aliphatic hydroxyl groups excluding tert-OH is 1. The Bertz CT molecular complexity index is 1060. The van der Waals surface area contributed by atoms with Crippen LogP contribution in [0.4, 0.5) is 10.5 Å². The van der Waals surface area contributed by atoms with E-state index < -0.39 is 6.10 Å². The topological polar surface area (TPSA) is 122 Å². The molecular formula is C27H34N4O5. The molecule has 1 saturated heterocycles. The van der Waals surface area contributed by atoms with E-state index in [0.29, 0.717) is 18.7 Å². The molecule has 3 aliphatic rings. The number of fused-ring (bicyclic) bond motifs is 3. The van der Waals surface area contributed by atoms with E-state index in [1.54, 1.807) is 12.4 Å². The van der Waals surface area contributed by atoms with Crippen molar-refractivity contribution in [2.24, 2.45) is 0 Å². The SMILES string of the molecule is O=C(C[C@@H]1C[C@@H]2c3cc(NC(=O)NC4CCCCC4)ccc3O[C@@H]2[C@H](CO)O1)NCc1ccncc1. The molecule has 2 fully saturated rings. The van der Waals surface area contributed by atoms with Gasteiger partial charge in [-0.25, -0.2) is 4.79 Å². The molecule has 2 aliphatic heterocycles. The van der Waals surface area contributed by atoms with Crippen molar-refractivity contribution in [3.8, 4) is 5.75 Å². The molecule has 3 amide bonds. The van der Waals surface area contributed by atoms with Gasteiger partial charge in [0.2, 0.25) is 5.91 Å². The van der Waals surface area contributed by atoms with Crippen LogP contribution in [0.25, 0.3) is 0 Å². The van der Waals surface area contributed by atoms with Crippen LogP contribution in [-0.2, 0) is 16.1 Å². The van der Waals surface area contributed by atoms with Gasteiger partial charge in [-0.05, 0) is 55.2 Å². The van der Waals surface area contributed by atoms with Gasteiger partial charge in [-0.15, -0.1) is 0 Å². The lowest BCUT2D eigenvalue weighted by molar-refractivity contribution is -0.142. The first-order valence-corrected chi connectivity index (χ1v) is 12.9. The van der Waals surface area contributed by atoms with E-state index in [2.05, 4.69) is 20.9 Å². The maximum absolute atomic E-state index is 12.6. The minimum Gasteiger partial charge on any atom is -0.487 e. The smallest absolute Gasteiger partial charge is 0.319 e. The molecule has 3 heterocycles. The van der Waals surface area contributed by atoms with Gasteiger partial charge in [0.1, 0.15) is 18.0 Å². The summed E-state index contributed by atoms with van der Waals surface area (Å²) < 4.78 is 12.2. The van der Waals surface area contributed by atoms with Crippen LogP contribution in [0.1, 0.15) is 62.0 Å². The molecule has 0 bridgehead atoms. The van der Waals surface area contributed by atoms with Crippen molar-refractivity contribution >= 4 is 17.6 Å². The van der Waals surface area contributed by atoms with Crippen LogP contribution < -0.4 is 20.7 Å². The van der Waals surface area contributed by atoms with Crippen LogP contribution in [0.3, 0.4) is 0 Å². The highest BCUT2D eigenvalue weighted by Gasteiger charge is 2.46. The van der Waals surface area contributed by atoms with E-state index in [1.165, 1.54) is 6.42 Å². The third-order valence-electron chi connectivity index (χ3n) is 7.35. The predicted molar refractivity (Wildman–Crippen MR) is 134 cm³/mol. The van der Waals surface area contributed by atoms with Gasteiger partial charge in [-0.3, -0.25) is 9.78 Å². The molecule has 1 aromatic heterocycles. The van der Waals surface area contributed by atoms with Gasteiger partial charge >= 0.3 is 6.03 Å². The number of carbonyl (C=O) groups excluding carboxylic acids is 2. The summed E-state index contributed by atoms with van der Waals surface area (Å²) in [5.41, 5.74) is 2.64. The summed E-state index contributed by atoms with van der Waals surface area (Å²) in [6.07, 6.45) is 8.56. The molecule has 4 N–H and O–H groups in total. The Kier molecular flexibility index (Phi) is 7.67. The van der Waals surface area contributed by atoms with Gasteiger partial charge in [0.15, 0.2) is 0 Å². The highest BCUT2D eigenvalue weighted by atomic mass is 16.6. The molecule has 36 heavy (non-hydrogen) atoms. The van der Waals surface area contributed by atoms with Gasteiger partial charge in [0.05, 0.1) is 19.1 Å². The summed E-state index contributed by atoms with van der Waals surface area (Å²) in [6.45, 7) is 0.229. The van der Waals surface area contributed by atoms with Crippen molar-refractivity contribution in [3.63, 3.8) is 0 Å². The quantitative estimate of drug-likeness (QED) is 0.469. The van der Waals surface area contributed by atoms with Crippen molar-refractivity contribution in [1.29, 1.82) is 0 Å². The Morgan fingerprint density at radius 2 is 1.89 bits per heavy atom. The van der Waals surface area contributed by atoms with Gasteiger partial charge in [0.25, 0.3) is 0 Å². The number of pyridine rings is 1. The van der Waals surface area contributed by atoms with E-state index in [-0.39, 0.29) is 49.1 Å². The minimum atomic E-state index is -0.528. The lowest BCUT2D eigenvalue weighted by Gasteiger charge is -2.37. The lowest BCUT2D eigenvalue weighted by atomic mass is 9.84. The number of rotatable bonds is 7. The van der Waals surface area contributed by atoms with Gasteiger partial charge in [-0.2, -0.15) is 0 Å². The van der Waals surface area contributed by atoms with Crippen LogP contribution in [0.15, 0.2) is 42.7 Å². The summed E-state index contributed by atoms with van der Waals surface area (Å²) >= 11 is 0.